The number of carbonyl (C=O) groups excluding carboxylic acids is 1. The highest BCUT2D eigenvalue weighted by Crippen LogP contribution is 2.33. The van der Waals surface area contributed by atoms with Gasteiger partial charge in [-0.3, -0.25) is 4.79 Å². The highest BCUT2D eigenvalue weighted by molar-refractivity contribution is 5.96. The number of nitrogens with one attached hydrogen (secondary N) is 2. The SMILES string of the molecule is CCc1nc(C(N)=O)c(Nc2ccc(C3CCN(C(C)C)CC3)c(C)c2)nc1N[C@H]1CC[C@H](O)CC1. The fourth-order valence-electron chi connectivity index (χ4n) is 5.58. The standard InChI is InChI=1S/C28H42N6O2/c1-5-24-27(30-20-6-9-22(35)10-7-20)33-28(25(32-24)26(29)36)31-21-8-11-23(18(4)16-21)19-12-14-34(15-13-19)17(2)3/h8,11,16-17,19-20,22,35H,5-7,9-10,12-15H2,1-4H3,(H2,29,36)(H2,30,31,33)/t20-,22-. The molecule has 0 radical (unpaired) electrons. The summed E-state index contributed by atoms with van der Waals surface area (Å²) in [6.07, 6.45) is 6.08. The largest absolute Gasteiger partial charge is 0.393 e. The first kappa shape index (κ1) is 26.4. The smallest absolute Gasteiger partial charge is 0.271 e. The van der Waals surface area contributed by atoms with Crippen molar-refractivity contribution in [1.29, 1.82) is 0 Å². The summed E-state index contributed by atoms with van der Waals surface area (Å²) in [6, 6.07) is 7.22. The number of nitrogens with two attached hydrogens (primary N) is 1. The van der Waals surface area contributed by atoms with Crippen LogP contribution >= 0.6 is 0 Å². The maximum absolute atomic E-state index is 12.2. The summed E-state index contributed by atoms with van der Waals surface area (Å²) in [5, 5.41) is 16.7. The molecule has 1 aliphatic heterocycles. The Morgan fingerprint density at radius 2 is 1.81 bits per heavy atom. The molecule has 1 saturated heterocycles. The van der Waals surface area contributed by atoms with E-state index < -0.39 is 5.91 Å². The minimum absolute atomic E-state index is 0.152. The molecule has 5 N–H and O–H groups in total. The van der Waals surface area contributed by atoms with Crippen LogP contribution in [0.2, 0.25) is 0 Å². The van der Waals surface area contributed by atoms with E-state index in [0.717, 1.165) is 50.2 Å². The van der Waals surface area contributed by atoms with E-state index in [1.54, 1.807) is 0 Å². The van der Waals surface area contributed by atoms with Crippen LogP contribution in [0.3, 0.4) is 0 Å². The van der Waals surface area contributed by atoms with Gasteiger partial charge in [-0.25, -0.2) is 9.97 Å². The van der Waals surface area contributed by atoms with E-state index in [-0.39, 0.29) is 17.8 Å². The number of aliphatic hydroxyl groups is 1. The van der Waals surface area contributed by atoms with Crippen LogP contribution in [0.25, 0.3) is 0 Å². The second kappa shape index (κ2) is 11.6. The number of piperidine rings is 1. The molecule has 8 heteroatoms. The van der Waals surface area contributed by atoms with Gasteiger partial charge < -0.3 is 26.4 Å². The Bertz CT molecular complexity index is 1060. The molecule has 0 unspecified atom stereocenters. The van der Waals surface area contributed by atoms with E-state index in [1.807, 2.05) is 6.92 Å². The molecule has 1 saturated carbocycles. The number of amides is 1. The van der Waals surface area contributed by atoms with Crippen LogP contribution in [-0.2, 0) is 6.42 Å². The molecule has 36 heavy (non-hydrogen) atoms. The number of anilines is 3. The van der Waals surface area contributed by atoms with Gasteiger partial charge in [-0.2, -0.15) is 0 Å². The molecule has 0 spiro atoms. The van der Waals surface area contributed by atoms with Gasteiger partial charge in [-0.05, 0) is 108 Å². The Kier molecular flexibility index (Phi) is 8.46. The zero-order valence-corrected chi connectivity index (χ0v) is 22.2. The van der Waals surface area contributed by atoms with E-state index in [9.17, 15) is 9.90 Å². The number of primary amides is 1. The number of hydrogen-bond donors (Lipinski definition) is 4. The van der Waals surface area contributed by atoms with Gasteiger partial charge in [0, 0.05) is 17.8 Å². The summed E-state index contributed by atoms with van der Waals surface area (Å²) in [4.78, 5) is 24.2. The summed E-state index contributed by atoms with van der Waals surface area (Å²) in [7, 11) is 0. The summed E-state index contributed by atoms with van der Waals surface area (Å²) < 4.78 is 0. The highest BCUT2D eigenvalue weighted by Gasteiger charge is 2.25. The summed E-state index contributed by atoms with van der Waals surface area (Å²) in [5.41, 5.74) is 10.1. The van der Waals surface area contributed by atoms with E-state index >= 15 is 0 Å². The number of aryl methyl sites for hydroxylation is 2. The van der Waals surface area contributed by atoms with E-state index in [2.05, 4.69) is 59.5 Å². The third kappa shape index (κ3) is 6.16. The van der Waals surface area contributed by atoms with Crippen LogP contribution in [-0.4, -0.2) is 57.2 Å². The maximum Gasteiger partial charge on any atom is 0.271 e. The molecule has 1 amide bonds. The first-order valence-corrected chi connectivity index (χ1v) is 13.5. The topological polar surface area (TPSA) is 116 Å². The van der Waals surface area contributed by atoms with Crippen LogP contribution in [0, 0.1) is 6.92 Å². The molecule has 1 aliphatic carbocycles. The number of carbonyl (C=O) groups is 1. The molecule has 0 bridgehead atoms. The predicted octanol–water partition coefficient (Wildman–Crippen LogP) is 4.49. The number of aliphatic hydroxyl groups excluding tert-OH is 1. The van der Waals surface area contributed by atoms with Crippen LogP contribution in [0.5, 0.6) is 0 Å². The molecular formula is C28H42N6O2. The molecule has 1 aromatic heterocycles. The molecule has 196 valence electrons. The monoisotopic (exact) mass is 494 g/mol. The van der Waals surface area contributed by atoms with Crippen molar-refractivity contribution < 1.29 is 9.90 Å². The molecule has 2 aliphatic rings. The fourth-order valence-corrected chi connectivity index (χ4v) is 5.58. The lowest BCUT2D eigenvalue weighted by atomic mass is 9.86. The molecular weight excluding hydrogens is 452 g/mol. The van der Waals surface area contributed by atoms with Gasteiger partial charge in [-0.15, -0.1) is 0 Å². The lowest BCUT2D eigenvalue weighted by molar-refractivity contribution is 0.0996. The number of rotatable bonds is 8. The van der Waals surface area contributed by atoms with Crippen molar-refractivity contribution in [2.45, 2.75) is 96.7 Å². The van der Waals surface area contributed by atoms with Crippen molar-refractivity contribution in [2.24, 2.45) is 5.73 Å². The van der Waals surface area contributed by atoms with Crippen LogP contribution in [0.4, 0.5) is 17.3 Å². The number of benzene rings is 1. The van der Waals surface area contributed by atoms with E-state index in [4.69, 9.17) is 10.7 Å². The first-order valence-electron chi connectivity index (χ1n) is 13.5. The fraction of sp³-hybridized carbons (Fsp3) is 0.607. The average molecular weight is 495 g/mol. The van der Waals surface area contributed by atoms with Crippen molar-refractivity contribution >= 4 is 23.2 Å². The Morgan fingerprint density at radius 3 is 2.39 bits per heavy atom. The molecule has 2 aromatic rings. The predicted molar refractivity (Wildman–Crippen MR) is 145 cm³/mol. The van der Waals surface area contributed by atoms with Gasteiger partial charge in [0.25, 0.3) is 5.91 Å². The van der Waals surface area contributed by atoms with Gasteiger partial charge in [0.15, 0.2) is 11.5 Å². The minimum Gasteiger partial charge on any atom is -0.393 e. The molecule has 2 heterocycles. The zero-order chi connectivity index (χ0) is 25.8. The van der Waals surface area contributed by atoms with Crippen molar-refractivity contribution in [3.63, 3.8) is 0 Å². The van der Waals surface area contributed by atoms with E-state index in [0.29, 0.717) is 30.0 Å². The van der Waals surface area contributed by atoms with Gasteiger partial charge in [0.05, 0.1) is 11.8 Å². The Morgan fingerprint density at radius 1 is 1.11 bits per heavy atom. The van der Waals surface area contributed by atoms with Gasteiger partial charge in [-0.1, -0.05) is 13.0 Å². The Labute approximate surface area is 215 Å². The Balaban J connectivity index is 1.54. The lowest BCUT2D eigenvalue weighted by Gasteiger charge is -2.35. The van der Waals surface area contributed by atoms with Crippen molar-refractivity contribution in [2.75, 3.05) is 23.7 Å². The van der Waals surface area contributed by atoms with Gasteiger partial charge in [0.1, 0.15) is 5.82 Å². The third-order valence-electron chi connectivity index (χ3n) is 7.81. The van der Waals surface area contributed by atoms with Crippen molar-refractivity contribution in [3.8, 4) is 0 Å². The minimum atomic E-state index is -0.600. The van der Waals surface area contributed by atoms with Gasteiger partial charge in [0.2, 0.25) is 0 Å². The molecule has 0 atom stereocenters. The van der Waals surface area contributed by atoms with Gasteiger partial charge >= 0.3 is 0 Å². The van der Waals surface area contributed by atoms with Crippen LogP contribution < -0.4 is 16.4 Å². The molecule has 2 fully saturated rings. The second-order valence-corrected chi connectivity index (χ2v) is 10.7. The lowest BCUT2D eigenvalue weighted by Crippen LogP contribution is -2.37. The van der Waals surface area contributed by atoms with Crippen molar-refractivity contribution in [1.82, 2.24) is 14.9 Å². The first-order chi connectivity index (χ1) is 17.2. The number of hydrogen-bond acceptors (Lipinski definition) is 7. The molecule has 8 nitrogen and oxygen atoms in total. The average Bonchev–Trinajstić information content (AvgIpc) is 2.85. The Hall–Kier alpha value is -2.71. The quantitative estimate of drug-likeness (QED) is 0.427. The number of nitrogens with zero attached hydrogens (tertiary/aromatic N) is 3. The summed E-state index contributed by atoms with van der Waals surface area (Å²) in [5.74, 6) is 1.02. The normalized spacial score (nSPS) is 21.5. The molecule has 4 rings (SSSR count). The van der Waals surface area contributed by atoms with Crippen molar-refractivity contribution in [3.05, 3.63) is 40.7 Å². The zero-order valence-electron chi connectivity index (χ0n) is 22.2. The number of likely N-dealkylation sites (tertiary alicyclic amines) is 1. The number of aromatic nitrogens is 2. The maximum atomic E-state index is 12.2. The second-order valence-electron chi connectivity index (χ2n) is 10.7. The molecule has 1 aromatic carbocycles. The van der Waals surface area contributed by atoms with Crippen LogP contribution in [0.1, 0.15) is 92.5 Å². The third-order valence-corrected chi connectivity index (χ3v) is 7.81. The summed E-state index contributed by atoms with van der Waals surface area (Å²) in [6.45, 7) is 11.0. The van der Waals surface area contributed by atoms with Crippen LogP contribution in [0.15, 0.2) is 18.2 Å². The highest BCUT2D eigenvalue weighted by atomic mass is 16.3. The summed E-state index contributed by atoms with van der Waals surface area (Å²) >= 11 is 0. The van der Waals surface area contributed by atoms with E-state index in [1.165, 1.54) is 24.0 Å².